The van der Waals surface area contributed by atoms with E-state index in [2.05, 4.69) is 10.3 Å². The predicted molar refractivity (Wildman–Crippen MR) is 70.6 cm³/mol. The number of aromatic nitrogens is 1. The maximum atomic E-state index is 12.0. The Labute approximate surface area is 112 Å². The molecule has 7 heteroatoms. The molecule has 0 aliphatic rings. The van der Waals surface area contributed by atoms with Crippen molar-refractivity contribution >= 4 is 33.3 Å². The van der Waals surface area contributed by atoms with Gasteiger partial charge in [-0.3, -0.25) is 9.59 Å². The molecule has 1 amide bonds. The van der Waals surface area contributed by atoms with Crippen LogP contribution in [0.5, 0.6) is 5.88 Å². The van der Waals surface area contributed by atoms with Gasteiger partial charge in [-0.2, -0.15) is 0 Å². The maximum absolute atomic E-state index is 12.0. The number of pyridine rings is 1. The summed E-state index contributed by atoms with van der Waals surface area (Å²) >= 11 is 1.44. The number of aryl methyl sites for hydroxylation is 1. The van der Waals surface area contributed by atoms with Gasteiger partial charge in [0.25, 0.3) is 5.91 Å². The second-order valence-electron chi connectivity index (χ2n) is 3.96. The first-order valence-electron chi connectivity index (χ1n) is 5.57. The minimum atomic E-state index is -0.993. The highest BCUT2D eigenvalue weighted by Gasteiger charge is 2.19. The quantitative estimate of drug-likeness (QED) is 0.788. The molecule has 0 bridgehead atoms. The van der Waals surface area contributed by atoms with E-state index in [1.807, 2.05) is 5.38 Å². The molecule has 19 heavy (non-hydrogen) atoms. The van der Waals surface area contributed by atoms with E-state index in [1.165, 1.54) is 11.3 Å². The molecular formula is C12H12N2O4S. The summed E-state index contributed by atoms with van der Waals surface area (Å²) in [7, 11) is 0. The van der Waals surface area contributed by atoms with Gasteiger partial charge in [-0.05, 0) is 18.4 Å². The molecule has 0 spiro atoms. The third-order valence-corrected chi connectivity index (χ3v) is 3.64. The SMILES string of the molecule is Cc1nc(O)c(C(=O)NCCC(=O)O)c2ccsc12. The van der Waals surface area contributed by atoms with Gasteiger partial charge < -0.3 is 15.5 Å². The normalized spacial score (nSPS) is 10.6. The van der Waals surface area contributed by atoms with Gasteiger partial charge in [-0.1, -0.05) is 0 Å². The summed E-state index contributed by atoms with van der Waals surface area (Å²) in [6.07, 6.45) is -0.168. The van der Waals surface area contributed by atoms with Crippen molar-refractivity contribution in [2.24, 2.45) is 0 Å². The summed E-state index contributed by atoms with van der Waals surface area (Å²) in [6.45, 7) is 1.76. The minimum Gasteiger partial charge on any atom is -0.493 e. The summed E-state index contributed by atoms with van der Waals surface area (Å²) in [6, 6.07) is 1.74. The van der Waals surface area contributed by atoms with Crippen molar-refractivity contribution in [3.8, 4) is 5.88 Å². The summed E-state index contributed by atoms with van der Waals surface area (Å²) < 4.78 is 0.834. The van der Waals surface area contributed by atoms with Crippen LogP contribution in [0.4, 0.5) is 0 Å². The number of thiophene rings is 1. The van der Waals surface area contributed by atoms with Crippen LogP contribution in [-0.4, -0.2) is 33.6 Å². The lowest BCUT2D eigenvalue weighted by molar-refractivity contribution is -0.136. The molecule has 100 valence electrons. The van der Waals surface area contributed by atoms with Crippen molar-refractivity contribution in [2.75, 3.05) is 6.54 Å². The molecule has 3 N–H and O–H groups in total. The first kappa shape index (κ1) is 13.3. The van der Waals surface area contributed by atoms with E-state index in [0.717, 1.165) is 4.70 Å². The van der Waals surface area contributed by atoms with Crippen molar-refractivity contribution in [2.45, 2.75) is 13.3 Å². The van der Waals surface area contributed by atoms with Crippen LogP contribution in [-0.2, 0) is 4.79 Å². The van der Waals surface area contributed by atoms with Crippen LogP contribution in [0.3, 0.4) is 0 Å². The molecule has 0 saturated heterocycles. The summed E-state index contributed by atoms with van der Waals surface area (Å²) in [4.78, 5) is 26.3. The number of carboxylic acids is 1. The highest BCUT2D eigenvalue weighted by atomic mass is 32.1. The molecule has 0 unspecified atom stereocenters. The van der Waals surface area contributed by atoms with E-state index < -0.39 is 11.9 Å². The molecule has 0 atom stereocenters. The molecule has 6 nitrogen and oxygen atoms in total. The van der Waals surface area contributed by atoms with Crippen molar-refractivity contribution in [3.63, 3.8) is 0 Å². The van der Waals surface area contributed by atoms with E-state index in [-0.39, 0.29) is 24.4 Å². The number of amides is 1. The number of hydrogen-bond acceptors (Lipinski definition) is 5. The first-order valence-corrected chi connectivity index (χ1v) is 6.45. The van der Waals surface area contributed by atoms with Crippen LogP contribution >= 0.6 is 11.3 Å². The zero-order chi connectivity index (χ0) is 14.0. The Bertz CT molecular complexity index is 650. The highest BCUT2D eigenvalue weighted by molar-refractivity contribution is 7.17. The lowest BCUT2D eigenvalue weighted by atomic mass is 10.1. The zero-order valence-electron chi connectivity index (χ0n) is 10.1. The number of carboxylic acid groups (broad SMARTS) is 1. The van der Waals surface area contributed by atoms with E-state index in [0.29, 0.717) is 11.1 Å². The molecular weight excluding hydrogens is 268 g/mol. The van der Waals surface area contributed by atoms with Crippen LogP contribution in [0.2, 0.25) is 0 Å². The Morgan fingerprint density at radius 3 is 2.89 bits per heavy atom. The van der Waals surface area contributed by atoms with Gasteiger partial charge in [0.05, 0.1) is 16.8 Å². The average Bonchev–Trinajstić information content (AvgIpc) is 2.77. The van der Waals surface area contributed by atoms with Gasteiger partial charge in [0.2, 0.25) is 5.88 Å². The standard InChI is InChI=1S/C12H12N2O4S/c1-6-10-7(3-5-19-10)9(12(18)14-6)11(17)13-4-2-8(15)16/h3,5H,2,4H2,1H3,(H,13,17)(H,14,18)(H,15,16). The Balaban J connectivity index is 2.31. The molecule has 2 aromatic rings. The average molecular weight is 280 g/mol. The van der Waals surface area contributed by atoms with Gasteiger partial charge >= 0.3 is 5.97 Å². The molecule has 0 fully saturated rings. The first-order chi connectivity index (χ1) is 9.00. The van der Waals surface area contributed by atoms with Crippen molar-refractivity contribution in [1.82, 2.24) is 10.3 Å². The number of carbonyl (C=O) groups is 2. The Hall–Kier alpha value is -2.15. The van der Waals surface area contributed by atoms with Gasteiger partial charge in [0.15, 0.2) is 0 Å². The van der Waals surface area contributed by atoms with Crippen LogP contribution < -0.4 is 5.32 Å². The second kappa shape index (κ2) is 5.23. The number of nitrogens with zero attached hydrogens (tertiary/aromatic N) is 1. The summed E-state index contributed by atoms with van der Waals surface area (Å²) in [5.74, 6) is -1.85. The van der Waals surface area contributed by atoms with Crippen molar-refractivity contribution in [3.05, 3.63) is 22.7 Å². The monoisotopic (exact) mass is 280 g/mol. The molecule has 0 aromatic carbocycles. The van der Waals surface area contributed by atoms with Crippen molar-refractivity contribution in [1.29, 1.82) is 0 Å². The summed E-state index contributed by atoms with van der Waals surface area (Å²) in [5.41, 5.74) is 0.747. The van der Waals surface area contributed by atoms with Gasteiger partial charge in [-0.25, -0.2) is 4.98 Å². The Kier molecular flexibility index (Phi) is 3.66. The van der Waals surface area contributed by atoms with E-state index in [1.54, 1.807) is 13.0 Å². The van der Waals surface area contributed by atoms with E-state index in [4.69, 9.17) is 5.11 Å². The smallest absolute Gasteiger partial charge is 0.305 e. The number of aliphatic carboxylic acids is 1. The lowest BCUT2D eigenvalue weighted by Crippen LogP contribution is -2.26. The molecule has 2 aromatic heterocycles. The molecule has 0 aliphatic heterocycles. The predicted octanol–water partition coefficient (Wildman–Crippen LogP) is 1.51. The number of carbonyl (C=O) groups excluding carboxylic acids is 1. The number of nitrogens with one attached hydrogen (secondary N) is 1. The fourth-order valence-electron chi connectivity index (χ4n) is 1.77. The fourth-order valence-corrected chi connectivity index (χ4v) is 2.62. The number of hydrogen-bond donors (Lipinski definition) is 3. The molecule has 0 radical (unpaired) electrons. The molecule has 0 saturated carbocycles. The number of aromatic hydroxyl groups is 1. The van der Waals surface area contributed by atoms with Crippen LogP contribution in [0.15, 0.2) is 11.4 Å². The van der Waals surface area contributed by atoms with Gasteiger partial charge in [0, 0.05) is 11.9 Å². The largest absolute Gasteiger partial charge is 0.493 e. The van der Waals surface area contributed by atoms with Crippen molar-refractivity contribution < 1.29 is 19.8 Å². The van der Waals surface area contributed by atoms with Gasteiger partial charge in [-0.15, -0.1) is 11.3 Å². The third kappa shape index (κ3) is 2.65. The van der Waals surface area contributed by atoms with E-state index in [9.17, 15) is 14.7 Å². The van der Waals surface area contributed by atoms with Gasteiger partial charge in [0.1, 0.15) is 5.56 Å². The van der Waals surface area contributed by atoms with Crippen LogP contribution in [0.25, 0.3) is 10.1 Å². The number of fused-ring (bicyclic) bond motifs is 1. The summed E-state index contributed by atoms with van der Waals surface area (Å²) in [5, 5.41) is 23.2. The molecule has 0 aliphatic carbocycles. The molecule has 2 rings (SSSR count). The third-order valence-electron chi connectivity index (χ3n) is 2.61. The van der Waals surface area contributed by atoms with Crippen LogP contribution in [0, 0.1) is 6.92 Å². The maximum Gasteiger partial charge on any atom is 0.305 e. The highest BCUT2D eigenvalue weighted by Crippen LogP contribution is 2.31. The molecule has 2 heterocycles. The van der Waals surface area contributed by atoms with Crippen LogP contribution in [0.1, 0.15) is 22.5 Å². The fraction of sp³-hybridized carbons (Fsp3) is 0.250. The zero-order valence-corrected chi connectivity index (χ0v) is 11.0. The Morgan fingerprint density at radius 1 is 1.47 bits per heavy atom. The Morgan fingerprint density at radius 2 is 2.21 bits per heavy atom. The topological polar surface area (TPSA) is 99.5 Å². The minimum absolute atomic E-state index is 0.00706. The second-order valence-corrected chi connectivity index (χ2v) is 4.87. The lowest BCUT2D eigenvalue weighted by Gasteiger charge is -2.08. The van der Waals surface area contributed by atoms with E-state index >= 15 is 0 Å². The number of rotatable bonds is 4.